The van der Waals surface area contributed by atoms with E-state index < -0.39 is 12.0 Å². The molecule has 0 spiro atoms. The van der Waals surface area contributed by atoms with Crippen LogP contribution in [0.15, 0.2) is 35.5 Å². The van der Waals surface area contributed by atoms with Gasteiger partial charge in [-0.05, 0) is 42.7 Å². The third kappa shape index (κ3) is 6.22. The molecular weight excluding hydrogens is 480 g/mol. The molecule has 1 N–H and O–H groups in total. The van der Waals surface area contributed by atoms with Gasteiger partial charge in [0.05, 0.1) is 18.2 Å². The monoisotopic (exact) mass is 524 g/mol. The van der Waals surface area contributed by atoms with Crippen molar-refractivity contribution in [2.75, 3.05) is 46.4 Å². The van der Waals surface area contributed by atoms with E-state index in [0.29, 0.717) is 36.8 Å². The second-order valence-corrected chi connectivity index (χ2v) is 11.8. The predicted molar refractivity (Wildman–Crippen MR) is 147 cm³/mol. The first kappa shape index (κ1) is 28.1. The largest absolute Gasteiger partial charge is 0.463 e. The summed E-state index contributed by atoms with van der Waals surface area (Å²) in [6.07, 6.45) is 5.18. The molecular formula is C30H44N4O4. The van der Waals surface area contributed by atoms with Crippen LogP contribution >= 0.6 is 0 Å². The van der Waals surface area contributed by atoms with Crippen LogP contribution in [0.3, 0.4) is 0 Å². The number of amides is 3. The molecule has 3 amide bonds. The minimum atomic E-state index is -0.589. The number of carbonyl (C=O) groups excluding carboxylic acids is 3. The Morgan fingerprint density at radius 3 is 2.32 bits per heavy atom. The van der Waals surface area contributed by atoms with Gasteiger partial charge >= 0.3 is 12.0 Å². The van der Waals surface area contributed by atoms with E-state index >= 15 is 0 Å². The Balaban J connectivity index is 1.59. The Labute approximate surface area is 227 Å². The molecule has 2 heterocycles. The van der Waals surface area contributed by atoms with Gasteiger partial charge in [-0.15, -0.1) is 0 Å². The molecule has 3 aliphatic rings. The van der Waals surface area contributed by atoms with Crippen molar-refractivity contribution in [3.63, 3.8) is 0 Å². The van der Waals surface area contributed by atoms with Gasteiger partial charge in [0, 0.05) is 51.4 Å². The zero-order chi connectivity index (χ0) is 27.4. The Morgan fingerprint density at radius 1 is 1.00 bits per heavy atom. The Morgan fingerprint density at radius 2 is 1.68 bits per heavy atom. The number of hydrogen-bond donors (Lipinski definition) is 1. The second-order valence-electron chi connectivity index (χ2n) is 11.8. The van der Waals surface area contributed by atoms with Crippen molar-refractivity contribution >= 4 is 17.9 Å². The molecule has 1 saturated carbocycles. The van der Waals surface area contributed by atoms with Crippen LogP contribution < -0.4 is 5.32 Å². The highest BCUT2D eigenvalue weighted by atomic mass is 16.5. The van der Waals surface area contributed by atoms with Crippen LogP contribution in [0, 0.1) is 5.92 Å². The second kappa shape index (κ2) is 11.9. The molecule has 0 radical (unpaired) electrons. The van der Waals surface area contributed by atoms with Crippen LogP contribution in [0.2, 0.25) is 0 Å². The molecule has 1 atom stereocenters. The van der Waals surface area contributed by atoms with Crippen LogP contribution in [0.4, 0.5) is 4.79 Å². The molecule has 8 heteroatoms. The number of hydrogen-bond acceptors (Lipinski definition) is 5. The third-order valence-electron chi connectivity index (χ3n) is 8.16. The highest BCUT2D eigenvalue weighted by molar-refractivity contribution is 5.95. The summed E-state index contributed by atoms with van der Waals surface area (Å²) in [4.78, 5) is 45.3. The SMILES string of the molecule is CCOC(=O)C1=C(CN2CCCN(C(=O)C3CCCC3)CC2)N(C)C(=O)NC1c1ccc(C(C)(C)C)cc1. The van der Waals surface area contributed by atoms with E-state index in [1.54, 1.807) is 18.9 Å². The third-order valence-corrected chi connectivity index (χ3v) is 8.16. The maximum atomic E-state index is 13.3. The first-order chi connectivity index (χ1) is 18.1. The smallest absolute Gasteiger partial charge is 0.338 e. The molecule has 1 saturated heterocycles. The van der Waals surface area contributed by atoms with E-state index in [4.69, 9.17) is 4.74 Å². The summed E-state index contributed by atoms with van der Waals surface area (Å²) in [5.41, 5.74) is 3.17. The molecule has 0 bridgehead atoms. The summed E-state index contributed by atoms with van der Waals surface area (Å²) >= 11 is 0. The van der Waals surface area contributed by atoms with Gasteiger partial charge in [-0.1, -0.05) is 57.9 Å². The molecule has 1 aliphatic carbocycles. The normalized spacial score (nSPS) is 21.9. The number of esters is 1. The van der Waals surface area contributed by atoms with E-state index in [1.807, 2.05) is 17.0 Å². The molecule has 0 aromatic heterocycles. The molecule has 2 aliphatic heterocycles. The number of carbonyl (C=O) groups is 3. The molecule has 8 nitrogen and oxygen atoms in total. The highest BCUT2D eigenvalue weighted by Gasteiger charge is 2.38. The molecule has 1 aromatic carbocycles. The Hall–Kier alpha value is -2.87. The van der Waals surface area contributed by atoms with Crippen molar-refractivity contribution in [2.24, 2.45) is 5.92 Å². The minimum absolute atomic E-state index is 0.000663. The Bertz CT molecular complexity index is 1050. The zero-order valence-electron chi connectivity index (χ0n) is 23.7. The fourth-order valence-electron chi connectivity index (χ4n) is 5.82. The van der Waals surface area contributed by atoms with Gasteiger partial charge in [0.2, 0.25) is 5.91 Å². The summed E-state index contributed by atoms with van der Waals surface area (Å²) in [6, 6.07) is 7.28. The van der Waals surface area contributed by atoms with Crippen molar-refractivity contribution < 1.29 is 19.1 Å². The molecule has 2 fully saturated rings. The van der Waals surface area contributed by atoms with Gasteiger partial charge < -0.3 is 15.0 Å². The van der Waals surface area contributed by atoms with Gasteiger partial charge in [0.1, 0.15) is 0 Å². The van der Waals surface area contributed by atoms with Crippen molar-refractivity contribution in [3.8, 4) is 0 Å². The number of ether oxygens (including phenoxy) is 1. The fourth-order valence-corrected chi connectivity index (χ4v) is 5.82. The van der Waals surface area contributed by atoms with Crippen LogP contribution in [-0.4, -0.2) is 79.0 Å². The topological polar surface area (TPSA) is 82.2 Å². The summed E-state index contributed by atoms with van der Waals surface area (Å²) in [5.74, 6) is 0.0640. The van der Waals surface area contributed by atoms with E-state index in [-0.39, 0.29) is 24.0 Å². The standard InChI is InChI=1S/C30H44N4O4/c1-6-38-28(36)25-24(20-33-16-9-17-34(19-18-33)27(35)22-10-7-8-11-22)32(5)29(37)31-26(25)21-12-14-23(15-13-21)30(2,3)4/h12-15,22,26H,6-11,16-20H2,1-5H3,(H,31,37). The van der Waals surface area contributed by atoms with E-state index in [0.717, 1.165) is 50.8 Å². The maximum Gasteiger partial charge on any atom is 0.338 e. The summed E-state index contributed by atoms with van der Waals surface area (Å²) in [6.45, 7) is 11.9. The maximum absolute atomic E-state index is 13.3. The van der Waals surface area contributed by atoms with E-state index in [2.05, 4.69) is 43.1 Å². The molecule has 38 heavy (non-hydrogen) atoms. The lowest BCUT2D eigenvalue weighted by Crippen LogP contribution is -2.49. The van der Waals surface area contributed by atoms with E-state index in [9.17, 15) is 14.4 Å². The summed E-state index contributed by atoms with van der Waals surface area (Å²) in [5, 5.41) is 3.02. The van der Waals surface area contributed by atoms with Crippen molar-refractivity contribution in [2.45, 2.75) is 71.3 Å². The lowest BCUT2D eigenvalue weighted by Gasteiger charge is -2.36. The van der Waals surface area contributed by atoms with Gasteiger partial charge in [0.25, 0.3) is 0 Å². The van der Waals surface area contributed by atoms with Gasteiger partial charge in [-0.2, -0.15) is 0 Å². The fraction of sp³-hybridized carbons (Fsp3) is 0.633. The first-order valence-corrected chi connectivity index (χ1v) is 14.2. The molecule has 208 valence electrons. The quantitative estimate of drug-likeness (QED) is 0.564. The molecule has 4 rings (SSSR count). The average molecular weight is 525 g/mol. The average Bonchev–Trinajstić information content (AvgIpc) is 3.32. The van der Waals surface area contributed by atoms with Crippen molar-refractivity contribution in [3.05, 3.63) is 46.7 Å². The predicted octanol–water partition coefficient (Wildman–Crippen LogP) is 4.22. The number of nitrogens with one attached hydrogen (secondary N) is 1. The molecule has 1 aromatic rings. The first-order valence-electron chi connectivity index (χ1n) is 14.2. The number of rotatable bonds is 6. The van der Waals surface area contributed by atoms with Gasteiger partial charge in [0.15, 0.2) is 0 Å². The molecule has 1 unspecified atom stereocenters. The van der Waals surface area contributed by atoms with Crippen LogP contribution in [0.1, 0.15) is 77.0 Å². The number of benzene rings is 1. The lowest BCUT2D eigenvalue weighted by molar-refractivity contribution is -0.139. The lowest BCUT2D eigenvalue weighted by atomic mass is 9.85. The van der Waals surface area contributed by atoms with Gasteiger partial charge in [-0.3, -0.25) is 14.6 Å². The number of nitrogens with zero attached hydrogens (tertiary/aromatic N) is 3. The minimum Gasteiger partial charge on any atom is -0.463 e. The van der Waals surface area contributed by atoms with Crippen LogP contribution in [0.5, 0.6) is 0 Å². The highest BCUT2D eigenvalue weighted by Crippen LogP contribution is 2.33. The summed E-state index contributed by atoms with van der Waals surface area (Å²) in [7, 11) is 1.70. The van der Waals surface area contributed by atoms with Crippen LogP contribution in [0.25, 0.3) is 0 Å². The van der Waals surface area contributed by atoms with Crippen molar-refractivity contribution in [1.82, 2.24) is 20.0 Å². The van der Waals surface area contributed by atoms with E-state index in [1.165, 1.54) is 5.56 Å². The van der Waals surface area contributed by atoms with Gasteiger partial charge in [-0.25, -0.2) is 9.59 Å². The Kier molecular flexibility index (Phi) is 8.81. The zero-order valence-corrected chi connectivity index (χ0v) is 23.7. The van der Waals surface area contributed by atoms with Crippen LogP contribution in [-0.2, 0) is 19.7 Å². The number of urea groups is 1. The number of likely N-dealkylation sites (N-methyl/N-ethyl adjacent to an activating group) is 1. The van der Waals surface area contributed by atoms with Crippen molar-refractivity contribution in [1.29, 1.82) is 0 Å². The summed E-state index contributed by atoms with van der Waals surface area (Å²) < 4.78 is 5.50.